The summed E-state index contributed by atoms with van der Waals surface area (Å²) in [4.78, 5) is 12.7. The summed E-state index contributed by atoms with van der Waals surface area (Å²) in [5.41, 5.74) is 2.56. The average molecular weight is 323 g/mol. The van der Waals surface area contributed by atoms with Crippen LogP contribution in [-0.2, 0) is 6.54 Å². The third-order valence-electron chi connectivity index (χ3n) is 3.95. The van der Waals surface area contributed by atoms with Gasteiger partial charge in [0.05, 0.1) is 20.4 Å². The number of nitrogens with zero attached hydrogens (tertiary/aromatic N) is 2. The van der Waals surface area contributed by atoms with Gasteiger partial charge in [0.15, 0.2) is 29.1 Å². The molecule has 24 heavy (non-hydrogen) atoms. The van der Waals surface area contributed by atoms with Gasteiger partial charge in [0.25, 0.3) is 0 Å². The van der Waals surface area contributed by atoms with Crippen molar-refractivity contribution in [1.29, 1.82) is 0 Å². The maximum atomic E-state index is 12.7. The first-order chi connectivity index (χ1) is 11.7. The maximum absolute atomic E-state index is 12.7. The minimum atomic E-state index is -0.00656. The van der Waals surface area contributed by atoms with Gasteiger partial charge in [-0.2, -0.15) is 0 Å². The second kappa shape index (κ2) is 6.58. The van der Waals surface area contributed by atoms with Gasteiger partial charge in [0.1, 0.15) is 0 Å². The Balaban J connectivity index is 1.94. The smallest absolute Gasteiger partial charge is 0.249 e. The van der Waals surface area contributed by atoms with Gasteiger partial charge in [-0.15, -0.1) is 0 Å². The molecule has 122 valence electrons. The molecule has 0 aliphatic heterocycles. The fourth-order valence-corrected chi connectivity index (χ4v) is 2.73. The van der Waals surface area contributed by atoms with Crippen molar-refractivity contribution in [3.8, 4) is 11.5 Å². The number of ether oxygens (including phenoxy) is 2. The van der Waals surface area contributed by atoms with Crippen LogP contribution in [0.1, 0.15) is 10.4 Å². The third-order valence-corrected chi connectivity index (χ3v) is 3.95. The summed E-state index contributed by atoms with van der Waals surface area (Å²) >= 11 is 0. The molecule has 0 spiro atoms. The highest BCUT2D eigenvalue weighted by Crippen LogP contribution is 2.27. The van der Waals surface area contributed by atoms with Crippen LogP contribution in [0.2, 0.25) is 0 Å². The number of aromatic nitrogens is 2. The van der Waals surface area contributed by atoms with Crippen LogP contribution >= 0.6 is 0 Å². The Hall–Kier alpha value is -3.08. The zero-order valence-electron chi connectivity index (χ0n) is 13.7. The van der Waals surface area contributed by atoms with Crippen LogP contribution in [-0.4, -0.2) is 24.6 Å². The molecule has 0 saturated heterocycles. The summed E-state index contributed by atoms with van der Waals surface area (Å²) in [6.07, 6.45) is 3.59. The number of ketones is 1. The number of carbonyl (C=O) groups excluding carboxylic acids is 1. The summed E-state index contributed by atoms with van der Waals surface area (Å²) in [6, 6.07) is 13.1. The lowest BCUT2D eigenvalue weighted by Crippen LogP contribution is -2.36. The number of methoxy groups -OCH3 is 2. The topological polar surface area (TPSA) is 44.3 Å². The molecule has 0 atom stereocenters. The van der Waals surface area contributed by atoms with E-state index >= 15 is 0 Å². The number of imidazole rings is 1. The summed E-state index contributed by atoms with van der Waals surface area (Å²) < 4.78 is 14.3. The largest absolute Gasteiger partial charge is 0.493 e. The predicted molar refractivity (Wildman–Crippen MR) is 92.4 cm³/mol. The Bertz CT molecular complexity index is 912. The number of fused-ring (bicyclic) bond motifs is 1. The fraction of sp³-hybridized carbons (Fsp3) is 0.158. The lowest BCUT2D eigenvalue weighted by atomic mass is 10.1. The van der Waals surface area contributed by atoms with Gasteiger partial charge in [-0.25, -0.2) is 9.13 Å². The van der Waals surface area contributed by atoms with E-state index < -0.39 is 0 Å². The summed E-state index contributed by atoms with van der Waals surface area (Å²) in [7, 11) is 3.12. The van der Waals surface area contributed by atoms with Crippen molar-refractivity contribution in [2.24, 2.45) is 0 Å². The number of rotatable bonds is 6. The van der Waals surface area contributed by atoms with Crippen molar-refractivity contribution in [2.75, 3.05) is 14.2 Å². The molecule has 0 N–H and O–H groups in total. The molecule has 0 amide bonds. The molecular weight excluding hydrogens is 304 g/mol. The van der Waals surface area contributed by atoms with E-state index in [0.29, 0.717) is 17.1 Å². The molecule has 5 nitrogen and oxygen atoms in total. The molecule has 0 saturated carbocycles. The van der Waals surface area contributed by atoms with Crippen molar-refractivity contribution in [3.63, 3.8) is 0 Å². The molecule has 3 rings (SSSR count). The van der Waals surface area contributed by atoms with E-state index in [0.717, 1.165) is 11.0 Å². The number of hydrogen-bond donors (Lipinski definition) is 0. The van der Waals surface area contributed by atoms with Gasteiger partial charge in [-0.05, 0) is 30.3 Å². The molecule has 1 aromatic heterocycles. The Morgan fingerprint density at radius 3 is 2.62 bits per heavy atom. The second-order valence-electron chi connectivity index (χ2n) is 5.31. The first kappa shape index (κ1) is 15.8. The van der Waals surface area contributed by atoms with E-state index in [4.69, 9.17) is 9.47 Å². The standard InChI is InChI=1S/C19H19N2O3/c1-4-20-13-21(16-8-6-5-7-15(16)20)12-17(22)14-9-10-18(23-2)19(11-14)24-3/h4-11,13H,1,12H2,2-3H3/q+1. The van der Waals surface area contributed by atoms with Crippen molar-refractivity contribution < 1.29 is 18.8 Å². The Labute approximate surface area is 140 Å². The molecule has 0 aliphatic carbocycles. The highest BCUT2D eigenvalue weighted by Gasteiger charge is 2.18. The van der Waals surface area contributed by atoms with Gasteiger partial charge in [-0.1, -0.05) is 18.7 Å². The molecule has 0 aliphatic rings. The first-order valence-electron chi connectivity index (χ1n) is 7.54. The Kier molecular flexibility index (Phi) is 4.33. The van der Waals surface area contributed by atoms with Crippen LogP contribution in [0.4, 0.5) is 0 Å². The zero-order valence-corrected chi connectivity index (χ0v) is 13.7. The Morgan fingerprint density at radius 1 is 1.17 bits per heavy atom. The summed E-state index contributed by atoms with van der Waals surface area (Å²) in [5, 5.41) is 0. The minimum Gasteiger partial charge on any atom is -0.493 e. The van der Waals surface area contributed by atoms with Crippen LogP contribution in [0.15, 0.2) is 55.4 Å². The zero-order chi connectivity index (χ0) is 17.1. The number of Topliss-reactive ketones (excluding diaryl/α,β-unsaturated/α-hetero) is 1. The molecule has 1 heterocycles. The van der Waals surface area contributed by atoms with Crippen molar-refractivity contribution in [2.45, 2.75) is 6.54 Å². The second-order valence-corrected chi connectivity index (χ2v) is 5.31. The van der Waals surface area contributed by atoms with E-state index in [1.54, 1.807) is 38.6 Å². The van der Waals surface area contributed by atoms with Gasteiger partial charge in [-0.3, -0.25) is 4.79 Å². The quantitative estimate of drug-likeness (QED) is 0.517. The van der Waals surface area contributed by atoms with Crippen LogP contribution in [0.25, 0.3) is 17.2 Å². The van der Waals surface area contributed by atoms with E-state index in [9.17, 15) is 4.79 Å². The summed E-state index contributed by atoms with van der Waals surface area (Å²) in [5.74, 6) is 1.14. The normalized spacial score (nSPS) is 10.6. The van der Waals surface area contributed by atoms with E-state index in [1.165, 1.54) is 0 Å². The minimum absolute atomic E-state index is 0.00656. The predicted octanol–water partition coefficient (Wildman–Crippen LogP) is 2.93. The average Bonchev–Trinajstić information content (AvgIpc) is 2.99. The molecular formula is C19H19N2O3+. The highest BCUT2D eigenvalue weighted by molar-refractivity contribution is 5.96. The lowest BCUT2D eigenvalue weighted by molar-refractivity contribution is -0.657. The monoisotopic (exact) mass is 323 g/mol. The molecule has 5 heteroatoms. The third kappa shape index (κ3) is 2.76. The van der Waals surface area contributed by atoms with Crippen LogP contribution in [0.5, 0.6) is 11.5 Å². The molecule has 2 aromatic carbocycles. The van der Waals surface area contributed by atoms with E-state index in [2.05, 4.69) is 6.58 Å². The van der Waals surface area contributed by atoms with Gasteiger partial charge in [0, 0.05) is 5.56 Å². The van der Waals surface area contributed by atoms with E-state index in [-0.39, 0.29) is 12.3 Å². The van der Waals surface area contributed by atoms with E-state index in [1.807, 2.05) is 39.7 Å². The van der Waals surface area contributed by atoms with Gasteiger partial charge >= 0.3 is 0 Å². The van der Waals surface area contributed by atoms with Crippen molar-refractivity contribution in [1.82, 2.24) is 4.57 Å². The van der Waals surface area contributed by atoms with Crippen LogP contribution in [0.3, 0.4) is 0 Å². The van der Waals surface area contributed by atoms with Crippen molar-refractivity contribution in [3.05, 3.63) is 60.9 Å². The molecule has 0 radical (unpaired) electrons. The van der Waals surface area contributed by atoms with Crippen LogP contribution in [0, 0.1) is 0 Å². The first-order valence-corrected chi connectivity index (χ1v) is 7.54. The number of hydrogen-bond acceptors (Lipinski definition) is 3. The Morgan fingerprint density at radius 2 is 1.92 bits per heavy atom. The molecule has 3 aromatic rings. The van der Waals surface area contributed by atoms with Crippen LogP contribution < -0.4 is 14.0 Å². The lowest BCUT2D eigenvalue weighted by Gasteiger charge is -2.08. The molecule has 0 unspecified atom stereocenters. The highest BCUT2D eigenvalue weighted by atomic mass is 16.5. The molecule has 0 bridgehead atoms. The van der Waals surface area contributed by atoms with Gasteiger partial charge < -0.3 is 9.47 Å². The summed E-state index contributed by atoms with van der Waals surface area (Å²) in [6.45, 7) is 4.04. The van der Waals surface area contributed by atoms with Gasteiger partial charge in [0.2, 0.25) is 12.1 Å². The molecule has 0 fully saturated rings. The number of benzene rings is 2. The van der Waals surface area contributed by atoms with Crippen molar-refractivity contribution >= 4 is 23.0 Å². The number of carbonyl (C=O) groups is 1. The maximum Gasteiger partial charge on any atom is 0.249 e. The number of para-hydroxylation sites is 2. The SMILES string of the molecule is C=Cn1c[n+](CC(=O)c2ccc(OC)c(OC)c2)c2ccccc21. The fourth-order valence-electron chi connectivity index (χ4n) is 2.73.